The van der Waals surface area contributed by atoms with Gasteiger partial charge in [-0.25, -0.2) is 0 Å². The zero-order valence-electron chi connectivity index (χ0n) is 12.4. The largest absolute Gasteiger partial charge is 0.397 e. The van der Waals surface area contributed by atoms with Crippen molar-refractivity contribution in [3.05, 3.63) is 24.0 Å². The molecule has 0 aliphatic carbocycles. The highest BCUT2D eigenvalue weighted by molar-refractivity contribution is 5.34. The Balaban J connectivity index is 2.39. The Morgan fingerprint density at radius 1 is 1.17 bits per heavy atom. The number of rotatable bonds is 5. The summed E-state index contributed by atoms with van der Waals surface area (Å²) in [6.07, 6.45) is 3.80. The zero-order chi connectivity index (χ0) is 13.8. The van der Waals surface area contributed by atoms with Crippen molar-refractivity contribution in [3.8, 4) is 0 Å². The molecule has 0 fully saturated rings. The van der Waals surface area contributed by atoms with Crippen LogP contribution in [0.2, 0.25) is 0 Å². The molecule has 0 bridgehead atoms. The quantitative estimate of drug-likeness (QED) is 0.843. The number of nitrogens with zero attached hydrogens (tertiary/aromatic N) is 1. The van der Waals surface area contributed by atoms with Gasteiger partial charge in [0.05, 0.1) is 11.9 Å². The van der Waals surface area contributed by atoms with Crippen LogP contribution < -0.4 is 11.1 Å². The number of aromatic nitrogens is 1. The molecule has 0 aliphatic rings. The second kappa shape index (κ2) is 5.70. The first kappa shape index (κ1) is 15.0. The van der Waals surface area contributed by atoms with E-state index >= 15 is 0 Å². The first-order valence-corrected chi connectivity index (χ1v) is 6.63. The third kappa shape index (κ3) is 6.01. The Morgan fingerprint density at radius 2 is 1.83 bits per heavy atom. The molecule has 0 atom stereocenters. The van der Waals surface area contributed by atoms with E-state index in [2.05, 4.69) is 44.9 Å². The molecule has 3 N–H and O–H groups in total. The highest BCUT2D eigenvalue weighted by atomic mass is 15.0. The van der Waals surface area contributed by atoms with Gasteiger partial charge in [-0.2, -0.15) is 0 Å². The summed E-state index contributed by atoms with van der Waals surface area (Å²) in [5.74, 6) is 0. The number of nitrogens with two attached hydrogens (primary N) is 1. The summed E-state index contributed by atoms with van der Waals surface area (Å²) in [4.78, 5) is 4.31. The van der Waals surface area contributed by atoms with Crippen molar-refractivity contribution in [2.24, 2.45) is 5.41 Å². The van der Waals surface area contributed by atoms with E-state index in [1.54, 1.807) is 6.20 Å². The van der Waals surface area contributed by atoms with Crippen LogP contribution in [-0.2, 0) is 6.42 Å². The Labute approximate surface area is 111 Å². The number of nitrogen functional groups attached to an aromatic ring is 1. The van der Waals surface area contributed by atoms with Crippen LogP contribution in [0.3, 0.4) is 0 Å². The van der Waals surface area contributed by atoms with Crippen molar-refractivity contribution in [1.29, 1.82) is 0 Å². The van der Waals surface area contributed by atoms with E-state index in [0.717, 1.165) is 30.8 Å². The number of pyridine rings is 1. The highest BCUT2D eigenvalue weighted by Gasteiger charge is 2.24. The predicted molar refractivity (Wildman–Crippen MR) is 78.5 cm³/mol. The molecule has 0 unspecified atom stereocenters. The van der Waals surface area contributed by atoms with Gasteiger partial charge in [0, 0.05) is 24.2 Å². The van der Waals surface area contributed by atoms with Crippen LogP contribution >= 0.6 is 0 Å². The van der Waals surface area contributed by atoms with E-state index < -0.39 is 0 Å². The van der Waals surface area contributed by atoms with Gasteiger partial charge in [-0.05, 0) is 37.8 Å². The Bertz CT molecular complexity index is 360. The van der Waals surface area contributed by atoms with Crippen LogP contribution in [0.5, 0.6) is 0 Å². The van der Waals surface area contributed by atoms with E-state index in [0.29, 0.717) is 5.41 Å². The van der Waals surface area contributed by atoms with Gasteiger partial charge in [0.25, 0.3) is 0 Å². The summed E-state index contributed by atoms with van der Waals surface area (Å²) < 4.78 is 0. The molecule has 0 aromatic carbocycles. The summed E-state index contributed by atoms with van der Waals surface area (Å²) in [7, 11) is 0. The van der Waals surface area contributed by atoms with Gasteiger partial charge in [0.2, 0.25) is 0 Å². The number of nitrogens with one attached hydrogen (secondary N) is 1. The maximum Gasteiger partial charge on any atom is 0.0501 e. The SMILES string of the molecule is CC(C)(C)CC(C)(C)NCCc1ccc(N)cn1. The van der Waals surface area contributed by atoms with Crippen molar-refractivity contribution in [2.45, 2.75) is 53.0 Å². The average molecular weight is 249 g/mol. The molecule has 18 heavy (non-hydrogen) atoms. The average Bonchev–Trinajstić information content (AvgIpc) is 2.17. The Hall–Kier alpha value is -1.09. The van der Waals surface area contributed by atoms with Crippen molar-refractivity contribution in [1.82, 2.24) is 10.3 Å². The first-order chi connectivity index (χ1) is 8.18. The van der Waals surface area contributed by atoms with Gasteiger partial charge in [-0.15, -0.1) is 0 Å². The molecule has 1 rings (SSSR count). The van der Waals surface area contributed by atoms with Crippen LogP contribution in [0.4, 0.5) is 5.69 Å². The Morgan fingerprint density at radius 3 is 2.33 bits per heavy atom. The monoisotopic (exact) mass is 249 g/mol. The number of hydrogen-bond donors (Lipinski definition) is 2. The van der Waals surface area contributed by atoms with E-state index in [9.17, 15) is 0 Å². The lowest BCUT2D eigenvalue weighted by Gasteiger charge is -2.33. The van der Waals surface area contributed by atoms with Crippen LogP contribution in [-0.4, -0.2) is 17.1 Å². The maximum absolute atomic E-state index is 5.62. The number of hydrogen-bond acceptors (Lipinski definition) is 3. The third-order valence-corrected chi connectivity index (χ3v) is 2.80. The molecule has 0 saturated heterocycles. The molecular weight excluding hydrogens is 222 g/mol. The smallest absolute Gasteiger partial charge is 0.0501 e. The standard InChI is InChI=1S/C15H27N3/c1-14(2,3)11-15(4,5)18-9-8-13-7-6-12(16)10-17-13/h6-7,10,18H,8-9,11,16H2,1-5H3. The van der Waals surface area contributed by atoms with Gasteiger partial charge in [-0.1, -0.05) is 20.8 Å². The van der Waals surface area contributed by atoms with Gasteiger partial charge in [-0.3, -0.25) is 4.98 Å². The summed E-state index contributed by atoms with van der Waals surface area (Å²) >= 11 is 0. The highest BCUT2D eigenvalue weighted by Crippen LogP contribution is 2.26. The van der Waals surface area contributed by atoms with Gasteiger partial charge < -0.3 is 11.1 Å². The van der Waals surface area contributed by atoms with Crippen LogP contribution in [0.15, 0.2) is 18.3 Å². The second-order valence-electron chi connectivity index (χ2n) is 6.88. The minimum atomic E-state index is 0.159. The van der Waals surface area contributed by atoms with Crippen LogP contribution in [0.25, 0.3) is 0 Å². The molecule has 1 heterocycles. The molecule has 1 aromatic rings. The zero-order valence-corrected chi connectivity index (χ0v) is 12.4. The maximum atomic E-state index is 5.62. The molecule has 0 aliphatic heterocycles. The number of anilines is 1. The van der Waals surface area contributed by atoms with Gasteiger partial charge >= 0.3 is 0 Å². The van der Waals surface area contributed by atoms with E-state index in [1.165, 1.54) is 0 Å². The molecule has 0 amide bonds. The molecule has 102 valence electrons. The summed E-state index contributed by atoms with van der Waals surface area (Å²) in [6, 6.07) is 3.90. The summed E-state index contributed by atoms with van der Waals surface area (Å²) in [5, 5.41) is 3.61. The fourth-order valence-electron chi connectivity index (χ4n) is 2.50. The second-order valence-corrected chi connectivity index (χ2v) is 6.88. The van der Waals surface area contributed by atoms with E-state index in [-0.39, 0.29) is 5.54 Å². The van der Waals surface area contributed by atoms with Crippen molar-refractivity contribution in [3.63, 3.8) is 0 Å². The fourth-order valence-corrected chi connectivity index (χ4v) is 2.50. The molecular formula is C15H27N3. The van der Waals surface area contributed by atoms with Gasteiger partial charge in [0.15, 0.2) is 0 Å². The molecule has 0 spiro atoms. The van der Waals surface area contributed by atoms with Gasteiger partial charge in [0.1, 0.15) is 0 Å². The van der Waals surface area contributed by atoms with Crippen LogP contribution in [0.1, 0.15) is 46.7 Å². The molecule has 0 radical (unpaired) electrons. The van der Waals surface area contributed by atoms with Crippen molar-refractivity contribution < 1.29 is 0 Å². The van der Waals surface area contributed by atoms with Crippen molar-refractivity contribution >= 4 is 5.69 Å². The lowest BCUT2D eigenvalue weighted by molar-refractivity contribution is 0.243. The minimum Gasteiger partial charge on any atom is -0.397 e. The first-order valence-electron chi connectivity index (χ1n) is 6.63. The topological polar surface area (TPSA) is 50.9 Å². The predicted octanol–water partition coefficient (Wildman–Crippen LogP) is 3.01. The minimum absolute atomic E-state index is 0.159. The van der Waals surface area contributed by atoms with E-state index in [4.69, 9.17) is 5.73 Å². The van der Waals surface area contributed by atoms with E-state index in [1.807, 2.05) is 12.1 Å². The normalized spacial score (nSPS) is 12.7. The van der Waals surface area contributed by atoms with Crippen LogP contribution in [0, 0.1) is 5.41 Å². The summed E-state index contributed by atoms with van der Waals surface area (Å²) in [6.45, 7) is 12.3. The molecule has 3 nitrogen and oxygen atoms in total. The summed E-state index contributed by atoms with van der Waals surface area (Å²) in [5.41, 5.74) is 7.93. The molecule has 0 saturated carbocycles. The lowest BCUT2D eigenvalue weighted by atomic mass is 9.82. The lowest BCUT2D eigenvalue weighted by Crippen LogP contribution is -2.43. The van der Waals surface area contributed by atoms with Crippen molar-refractivity contribution in [2.75, 3.05) is 12.3 Å². The third-order valence-electron chi connectivity index (χ3n) is 2.80. The molecule has 3 heteroatoms. The Kier molecular flexibility index (Phi) is 4.74. The molecule has 1 aromatic heterocycles. The fraction of sp³-hybridized carbons (Fsp3) is 0.667.